The monoisotopic (exact) mass is 269 g/mol. The first-order chi connectivity index (χ1) is 8.13. The van der Waals surface area contributed by atoms with E-state index in [2.05, 4.69) is 0 Å². The number of carbonyl (C=O) groups is 2. The molecule has 6 heteroatoms. The summed E-state index contributed by atoms with van der Waals surface area (Å²) in [6.07, 6.45) is 0.469. The summed E-state index contributed by atoms with van der Waals surface area (Å²) in [5.41, 5.74) is 12.8. The lowest BCUT2D eigenvalue weighted by Crippen LogP contribution is -2.52. The topological polar surface area (TPSA) is 89.4 Å². The van der Waals surface area contributed by atoms with Crippen molar-refractivity contribution in [2.45, 2.75) is 19.0 Å². The predicted octanol–water partition coefficient (Wildman–Crippen LogP) is -0.194. The number of primary amides is 1. The van der Waals surface area contributed by atoms with Crippen molar-refractivity contribution in [2.24, 2.45) is 11.5 Å². The van der Waals surface area contributed by atoms with Crippen molar-refractivity contribution in [1.82, 2.24) is 4.90 Å². The zero-order valence-electron chi connectivity index (χ0n) is 9.83. The summed E-state index contributed by atoms with van der Waals surface area (Å²) in [5, 5.41) is 0. The van der Waals surface area contributed by atoms with Gasteiger partial charge < -0.3 is 16.4 Å². The number of rotatable bonds is 2. The molecule has 1 unspecified atom stereocenters. The third-order valence-electron chi connectivity index (χ3n) is 3.07. The van der Waals surface area contributed by atoms with Crippen LogP contribution in [0.5, 0.6) is 0 Å². The first kappa shape index (κ1) is 14.5. The van der Waals surface area contributed by atoms with Crippen molar-refractivity contribution in [3.63, 3.8) is 0 Å². The van der Waals surface area contributed by atoms with Gasteiger partial charge in [0.2, 0.25) is 11.8 Å². The molecule has 0 radical (unpaired) electrons. The van der Waals surface area contributed by atoms with Crippen LogP contribution in [0.25, 0.3) is 0 Å². The first-order valence-corrected chi connectivity index (χ1v) is 5.49. The molecule has 1 atom stereocenters. The van der Waals surface area contributed by atoms with Crippen molar-refractivity contribution in [1.29, 1.82) is 0 Å². The second-order valence-electron chi connectivity index (χ2n) is 4.12. The lowest BCUT2D eigenvalue weighted by molar-refractivity contribution is -0.139. The fourth-order valence-electron chi connectivity index (χ4n) is 2.16. The Morgan fingerprint density at radius 2 is 1.89 bits per heavy atom. The highest BCUT2D eigenvalue weighted by atomic mass is 35.5. The van der Waals surface area contributed by atoms with Crippen LogP contribution in [0.2, 0.25) is 0 Å². The normalized spacial score (nSPS) is 17.6. The molecule has 1 aliphatic rings. The van der Waals surface area contributed by atoms with E-state index in [-0.39, 0.29) is 24.9 Å². The van der Waals surface area contributed by atoms with E-state index in [1.54, 1.807) is 0 Å². The zero-order valence-corrected chi connectivity index (χ0v) is 10.7. The highest BCUT2D eigenvalue weighted by molar-refractivity contribution is 5.88. The molecule has 18 heavy (non-hydrogen) atoms. The van der Waals surface area contributed by atoms with Crippen molar-refractivity contribution in [3.8, 4) is 0 Å². The van der Waals surface area contributed by atoms with Gasteiger partial charge in [0.1, 0.15) is 6.04 Å². The lowest BCUT2D eigenvalue weighted by atomic mass is 9.93. The highest BCUT2D eigenvalue weighted by Gasteiger charge is 2.32. The summed E-state index contributed by atoms with van der Waals surface area (Å²) in [6, 6.07) is 7.14. The Morgan fingerprint density at radius 1 is 1.28 bits per heavy atom. The van der Waals surface area contributed by atoms with Gasteiger partial charge in [-0.3, -0.25) is 9.59 Å². The summed E-state index contributed by atoms with van der Waals surface area (Å²) in [7, 11) is 0. The molecule has 0 spiro atoms. The number of fused-ring (bicyclic) bond motifs is 1. The van der Waals surface area contributed by atoms with Crippen LogP contribution < -0.4 is 11.5 Å². The Morgan fingerprint density at radius 3 is 2.44 bits per heavy atom. The molecule has 2 amide bonds. The summed E-state index contributed by atoms with van der Waals surface area (Å²) in [6.45, 7) is 0.297. The van der Waals surface area contributed by atoms with Gasteiger partial charge in [-0.05, 0) is 11.1 Å². The van der Waals surface area contributed by atoms with Crippen molar-refractivity contribution >= 4 is 24.2 Å². The summed E-state index contributed by atoms with van der Waals surface area (Å²) < 4.78 is 0. The number of hydrogen-bond donors (Lipinski definition) is 2. The van der Waals surface area contributed by atoms with Crippen LogP contribution in [-0.4, -0.2) is 29.3 Å². The maximum Gasteiger partial charge on any atom is 0.240 e. The van der Waals surface area contributed by atoms with Crippen LogP contribution >= 0.6 is 12.4 Å². The van der Waals surface area contributed by atoms with Crippen LogP contribution in [-0.2, 0) is 22.6 Å². The molecule has 2 rings (SSSR count). The van der Waals surface area contributed by atoms with Gasteiger partial charge in [0.25, 0.3) is 0 Å². The molecule has 0 saturated carbocycles. The Kier molecular flexibility index (Phi) is 4.69. The summed E-state index contributed by atoms with van der Waals surface area (Å²) in [5.74, 6) is -0.732. The van der Waals surface area contributed by atoms with Gasteiger partial charge in [-0.25, -0.2) is 0 Å². The van der Waals surface area contributed by atoms with Crippen LogP contribution in [0.15, 0.2) is 24.3 Å². The van der Waals surface area contributed by atoms with E-state index in [4.69, 9.17) is 11.5 Å². The molecule has 5 nitrogen and oxygen atoms in total. The van der Waals surface area contributed by atoms with E-state index < -0.39 is 11.9 Å². The maximum absolute atomic E-state index is 11.7. The largest absolute Gasteiger partial charge is 0.368 e. The smallest absolute Gasteiger partial charge is 0.240 e. The van der Waals surface area contributed by atoms with Crippen molar-refractivity contribution in [2.75, 3.05) is 6.54 Å². The Hall–Kier alpha value is -1.59. The van der Waals surface area contributed by atoms with Gasteiger partial charge >= 0.3 is 0 Å². The summed E-state index contributed by atoms with van der Waals surface area (Å²) in [4.78, 5) is 24.5. The van der Waals surface area contributed by atoms with E-state index in [9.17, 15) is 9.59 Å². The molecule has 0 aliphatic carbocycles. The molecule has 0 saturated heterocycles. The molecule has 98 valence electrons. The Bertz CT molecular complexity index is 464. The number of halogens is 1. The standard InChI is InChI=1S/C12H15N3O2.ClH/c13-6-11(16)15-7-9-4-2-1-3-8(9)5-10(15)12(14)17;/h1-4,10H,5-7,13H2,(H2,14,17);1H. The molecule has 0 bridgehead atoms. The number of carbonyl (C=O) groups excluding carboxylic acids is 2. The maximum atomic E-state index is 11.7. The van der Waals surface area contributed by atoms with Crippen LogP contribution in [0.3, 0.4) is 0 Å². The molecule has 1 heterocycles. The number of amides is 2. The molecule has 0 fully saturated rings. The molecular weight excluding hydrogens is 254 g/mol. The van der Waals surface area contributed by atoms with Crippen LogP contribution in [0.4, 0.5) is 0 Å². The van der Waals surface area contributed by atoms with Gasteiger partial charge in [0, 0.05) is 13.0 Å². The fraction of sp³-hybridized carbons (Fsp3) is 0.333. The predicted molar refractivity (Wildman–Crippen MR) is 70.0 cm³/mol. The van der Waals surface area contributed by atoms with Crippen LogP contribution in [0, 0.1) is 0 Å². The quantitative estimate of drug-likeness (QED) is 0.780. The average Bonchev–Trinajstić information content (AvgIpc) is 2.36. The van der Waals surface area contributed by atoms with Gasteiger partial charge in [0.15, 0.2) is 0 Å². The van der Waals surface area contributed by atoms with E-state index in [0.717, 1.165) is 11.1 Å². The molecular formula is C12H16ClN3O2. The first-order valence-electron chi connectivity index (χ1n) is 5.49. The van der Waals surface area contributed by atoms with E-state index in [1.165, 1.54) is 4.90 Å². The molecule has 0 aromatic heterocycles. The van der Waals surface area contributed by atoms with Crippen molar-refractivity contribution in [3.05, 3.63) is 35.4 Å². The fourth-order valence-corrected chi connectivity index (χ4v) is 2.16. The van der Waals surface area contributed by atoms with E-state index in [0.29, 0.717) is 13.0 Å². The molecule has 1 aliphatic heterocycles. The molecule has 1 aromatic carbocycles. The Balaban J connectivity index is 0.00000162. The zero-order chi connectivity index (χ0) is 12.4. The number of nitrogens with two attached hydrogens (primary N) is 2. The number of hydrogen-bond acceptors (Lipinski definition) is 3. The van der Waals surface area contributed by atoms with E-state index in [1.807, 2.05) is 24.3 Å². The number of benzene rings is 1. The number of nitrogens with zero attached hydrogens (tertiary/aromatic N) is 1. The van der Waals surface area contributed by atoms with Gasteiger partial charge in [-0.15, -0.1) is 12.4 Å². The minimum atomic E-state index is -0.582. The van der Waals surface area contributed by atoms with Gasteiger partial charge in [-0.1, -0.05) is 24.3 Å². The Labute approximate surface area is 112 Å². The second kappa shape index (κ2) is 5.84. The summed E-state index contributed by atoms with van der Waals surface area (Å²) >= 11 is 0. The third-order valence-corrected chi connectivity index (χ3v) is 3.07. The second-order valence-corrected chi connectivity index (χ2v) is 4.12. The van der Waals surface area contributed by atoms with Gasteiger partial charge in [0.05, 0.1) is 6.54 Å². The minimum Gasteiger partial charge on any atom is -0.368 e. The third kappa shape index (κ3) is 2.63. The SMILES string of the molecule is Cl.NCC(=O)N1Cc2ccccc2CC1C(N)=O. The van der Waals surface area contributed by atoms with Crippen LogP contribution in [0.1, 0.15) is 11.1 Å². The highest BCUT2D eigenvalue weighted by Crippen LogP contribution is 2.22. The minimum absolute atomic E-state index is 0. The molecule has 1 aromatic rings. The van der Waals surface area contributed by atoms with Crippen molar-refractivity contribution < 1.29 is 9.59 Å². The van der Waals surface area contributed by atoms with Gasteiger partial charge in [-0.2, -0.15) is 0 Å². The van der Waals surface area contributed by atoms with E-state index >= 15 is 0 Å². The molecule has 4 N–H and O–H groups in total. The average molecular weight is 270 g/mol. The lowest BCUT2D eigenvalue weighted by Gasteiger charge is -2.34.